The number of hydrogen-bond donors (Lipinski definition) is 7. The molecule has 0 saturated carbocycles. The van der Waals surface area contributed by atoms with Crippen molar-refractivity contribution in [2.24, 2.45) is 0 Å². The molecule has 1 aliphatic heterocycles. The standard InChI is InChI=1S/C23H26ClN3O18P4/c24-15-8-6-14(7-9-15)13-46(32,33)43-48(36,37)45-49(38,39)44-47(34,35)40-12-17-19(29)20(42-23(31)25-16-4-2-1-3-5-16)21(41-17)27-11-10-18(28)26-22(27)30/h1-11,17,19-21,29H,12-13H2,(H,25,31)(H,32,33)(H,34,35)(H,36,37)(H,38,39)(H,26,28,30)/t17-,19-,20-,21-/m1/s1. The maximum absolute atomic E-state index is 12.6. The number of anilines is 1. The van der Waals surface area contributed by atoms with E-state index in [0.29, 0.717) is 4.57 Å². The Morgan fingerprint density at radius 1 is 0.898 bits per heavy atom. The van der Waals surface area contributed by atoms with Gasteiger partial charge in [-0.3, -0.25) is 28.8 Å². The maximum atomic E-state index is 12.6. The number of aliphatic hydroxyl groups is 1. The number of carbonyl (C=O) groups excluding carboxylic acids is 1. The fraction of sp³-hybridized carbons (Fsp3) is 0.261. The van der Waals surface area contributed by atoms with Crippen molar-refractivity contribution >= 4 is 54.4 Å². The van der Waals surface area contributed by atoms with Crippen LogP contribution in [0.5, 0.6) is 0 Å². The van der Waals surface area contributed by atoms with Crippen LogP contribution in [0.2, 0.25) is 5.02 Å². The highest BCUT2D eigenvalue weighted by Crippen LogP contribution is 2.71. The van der Waals surface area contributed by atoms with Gasteiger partial charge in [0.15, 0.2) is 12.3 Å². The molecule has 2 aromatic carbocycles. The summed E-state index contributed by atoms with van der Waals surface area (Å²) in [6.07, 6.45) is -8.21. The van der Waals surface area contributed by atoms with Crippen LogP contribution in [0.3, 0.4) is 0 Å². The minimum atomic E-state index is -6.11. The third-order valence-electron chi connectivity index (χ3n) is 6.04. The lowest BCUT2D eigenvalue weighted by Crippen LogP contribution is -2.41. The zero-order valence-corrected chi connectivity index (χ0v) is 28.6. The van der Waals surface area contributed by atoms with Gasteiger partial charge in [-0.2, -0.15) is 8.62 Å². The molecule has 0 aliphatic carbocycles. The zero-order chi connectivity index (χ0) is 36.2. The summed E-state index contributed by atoms with van der Waals surface area (Å²) in [6, 6.07) is 13.9. The third-order valence-corrected chi connectivity index (χ3v) is 12.7. The summed E-state index contributed by atoms with van der Waals surface area (Å²) in [7, 11) is -22.9. The molecule has 1 amide bonds. The molecule has 21 nitrogen and oxygen atoms in total. The number of phosphoric acid groups is 3. The number of phosphoric ester groups is 1. The molecule has 4 rings (SSSR count). The van der Waals surface area contributed by atoms with Crippen LogP contribution in [-0.4, -0.2) is 65.2 Å². The largest absolute Gasteiger partial charge is 0.490 e. The molecule has 2 heterocycles. The molecule has 0 radical (unpaired) electrons. The van der Waals surface area contributed by atoms with Gasteiger partial charge in [0.05, 0.1) is 12.8 Å². The first-order valence-corrected chi connectivity index (χ1v) is 19.9. The molecule has 8 atom stereocenters. The van der Waals surface area contributed by atoms with Crippen LogP contribution in [-0.2, 0) is 51.4 Å². The molecule has 0 bridgehead atoms. The van der Waals surface area contributed by atoms with Crippen LogP contribution in [0.15, 0.2) is 76.4 Å². The summed E-state index contributed by atoms with van der Waals surface area (Å²) in [5.74, 6) is 0. The second kappa shape index (κ2) is 15.6. The number of aliphatic hydroxyl groups excluding tert-OH is 1. The van der Waals surface area contributed by atoms with Gasteiger partial charge in [-0.25, -0.2) is 27.6 Å². The Labute approximate surface area is 279 Å². The van der Waals surface area contributed by atoms with Crippen molar-refractivity contribution in [1.29, 1.82) is 0 Å². The first-order chi connectivity index (χ1) is 22.7. The molecule has 1 fully saturated rings. The molecule has 268 valence electrons. The highest BCUT2D eigenvalue weighted by atomic mass is 35.5. The third kappa shape index (κ3) is 11.6. The van der Waals surface area contributed by atoms with Gasteiger partial charge in [0.1, 0.15) is 12.2 Å². The van der Waals surface area contributed by atoms with E-state index in [1.807, 2.05) is 4.98 Å². The number of nitrogens with zero attached hydrogens (tertiary/aromatic N) is 1. The number of halogens is 1. The lowest BCUT2D eigenvalue weighted by atomic mass is 10.1. The average Bonchev–Trinajstić information content (AvgIpc) is 3.26. The summed E-state index contributed by atoms with van der Waals surface area (Å²) < 4.78 is 77.3. The van der Waals surface area contributed by atoms with E-state index in [1.165, 1.54) is 36.4 Å². The van der Waals surface area contributed by atoms with Crippen LogP contribution >= 0.6 is 42.7 Å². The number of amides is 1. The molecule has 26 heteroatoms. The van der Waals surface area contributed by atoms with E-state index in [1.54, 1.807) is 18.2 Å². The van der Waals surface area contributed by atoms with Gasteiger partial charge in [-0.15, -0.1) is 0 Å². The zero-order valence-electron chi connectivity index (χ0n) is 24.2. The highest BCUT2D eigenvalue weighted by Gasteiger charge is 2.50. The lowest BCUT2D eigenvalue weighted by molar-refractivity contribution is -0.0551. The Morgan fingerprint density at radius 2 is 1.51 bits per heavy atom. The monoisotopic (exact) mass is 791 g/mol. The number of H-pyrrole nitrogens is 1. The van der Waals surface area contributed by atoms with Crippen LogP contribution < -0.4 is 16.6 Å². The van der Waals surface area contributed by atoms with E-state index >= 15 is 0 Å². The van der Waals surface area contributed by atoms with Gasteiger partial charge in [0.2, 0.25) is 0 Å². The number of rotatable bonds is 14. The van der Waals surface area contributed by atoms with Crippen molar-refractivity contribution in [3.8, 4) is 0 Å². The van der Waals surface area contributed by atoms with Gasteiger partial charge >= 0.3 is 42.8 Å². The normalized spacial score (nSPS) is 24.1. The Kier molecular flexibility index (Phi) is 12.4. The van der Waals surface area contributed by atoms with E-state index in [4.69, 9.17) is 21.1 Å². The minimum absolute atomic E-state index is 0.0976. The molecule has 49 heavy (non-hydrogen) atoms. The van der Waals surface area contributed by atoms with E-state index in [-0.39, 0.29) is 16.3 Å². The summed E-state index contributed by atoms with van der Waals surface area (Å²) in [6.45, 7) is -1.19. The van der Waals surface area contributed by atoms with Gasteiger partial charge in [-0.05, 0) is 29.8 Å². The molecule has 1 saturated heterocycles. The second-order valence-electron chi connectivity index (χ2n) is 9.80. The molecule has 4 unspecified atom stereocenters. The van der Waals surface area contributed by atoms with Crippen LogP contribution in [0, 0.1) is 0 Å². The Hall–Kier alpha value is -2.80. The first kappa shape index (κ1) is 39.0. The van der Waals surface area contributed by atoms with Crippen molar-refractivity contribution in [3.63, 3.8) is 0 Å². The van der Waals surface area contributed by atoms with Crippen molar-refractivity contribution in [2.75, 3.05) is 11.9 Å². The average molecular weight is 792 g/mol. The van der Waals surface area contributed by atoms with Crippen LogP contribution in [0.4, 0.5) is 10.5 Å². The fourth-order valence-corrected chi connectivity index (χ4v) is 9.82. The maximum Gasteiger partial charge on any atom is 0.490 e. The number of benzene rings is 2. The van der Waals surface area contributed by atoms with Gasteiger partial charge < -0.3 is 34.2 Å². The number of hydrogen-bond acceptors (Lipinski definition) is 14. The van der Waals surface area contributed by atoms with Crippen molar-refractivity contribution in [2.45, 2.75) is 30.7 Å². The first-order valence-electron chi connectivity index (χ1n) is 13.2. The van der Waals surface area contributed by atoms with Crippen molar-refractivity contribution < 1.29 is 74.7 Å². The number of ether oxygens (including phenoxy) is 2. The Morgan fingerprint density at radius 3 is 2.14 bits per heavy atom. The Balaban J connectivity index is 1.41. The summed E-state index contributed by atoms with van der Waals surface area (Å²) in [5, 5.41) is 13.5. The molecule has 1 aliphatic rings. The van der Waals surface area contributed by atoms with Crippen LogP contribution in [0.25, 0.3) is 0 Å². The molecular weight excluding hydrogens is 766 g/mol. The number of para-hydroxylation sites is 1. The predicted octanol–water partition coefficient (Wildman–Crippen LogP) is 2.82. The fourth-order valence-electron chi connectivity index (χ4n) is 4.12. The van der Waals surface area contributed by atoms with Crippen molar-refractivity contribution in [1.82, 2.24) is 9.55 Å². The topological polar surface area (TPSA) is 309 Å². The molecule has 7 N–H and O–H groups in total. The number of nitrogens with one attached hydrogen (secondary N) is 2. The molecule has 0 spiro atoms. The van der Waals surface area contributed by atoms with E-state index in [0.717, 1.165) is 12.3 Å². The number of carbonyl (C=O) groups is 1. The lowest BCUT2D eigenvalue weighted by Gasteiger charge is -2.22. The summed E-state index contributed by atoms with van der Waals surface area (Å²) in [5.41, 5.74) is -1.52. The smallest absolute Gasteiger partial charge is 0.438 e. The van der Waals surface area contributed by atoms with Gasteiger partial charge in [0.25, 0.3) is 5.56 Å². The highest BCUT2D eigenvalue weighted by molar-refractivity contribution is 7.70. The van der Waals surface area contributed by atoms with Crippen molar-refractivity contribution in [3.05, 3.63) is 98.3 Å². The number of aromatic nitrogens is 2. The quantitative estimate of drug-likeness (QED) is 0.115. The summed E-state index contributed by atoms with van der Waals surface area (Å²) >= 11 is 5.72. The molecule has 1 aromatic heterocycles. The summed E-state index contributed by atoms with van der Waals surface area (Å²) in [4.78, 5) is 78.1. The predicted molar refractivity (Wildman–Crippen MR) is 165 cm³/mol. The van der Waals surface area contributed by atoms with Gasteiger partial charge in [0, 0.05) is 23.0 Å². The second-order valence-corrected chi connectivity index (χ2v) is 16.9. The van der Waals surface area contributed by atoms with E-state index in [2.05, 4.69) is 22.8 Å². The van der Waals surface area contributed by atoms with E-state index < -0.39 is 85.7 Å². The van der Waals surface area contributed by atoms with E-state index in [9.17, 15) is 57.3 Å². The minimum Gasteiger partial charge on any atom is -0.438 e. The molecule has 3 aromatic rings. The van der Waals surface area contributed by atoms with Crippen LogP contribution in [0.1, 0.15) is 11.8 Å². The van der Waals surface area contributed by atoms with Gasteiger partial charge in [-0.1, -0.05) is 41.9 Å². The molecular formula is C23H26ClN3O18P4. The Bertz CT molecular complexity index is 1960. The number of aromatic amines is 1. The SMILES string of the molecule is O=C(Nc1ccccc1)O[C@@H]1[C@H](O)[C@@H](COP(=O)(O)OP(=O)(O)OP(=O)(O)OP(=O)(O)Cc2ccc(Cl)cc2)O[C@H]1n1ccc(=O)[nH]c1=O.